The van der Waals surface area contributed by atoms with E-state index in [2.05, 4.69) is 27.4 Å². The second kappa shape index (κ2) is 7.33. The van der Waals surface area contributed by atoms with Gasteiger partial charge in [0, 0.05) is 29.2 Å². The fraction of sp³-hybridized carbons (Fsp3) is 0.333. The van der Waals surface area contributed by atoms with Crippen molar-refractivity contribution in [1.82, 2.24) is 10.4 Å². The van der Waals surface area contributed by atoms with Gasteiger partial charge in [-0.25, -0.2) is 5.43 Å². The maximum absolute atomic E-state index is 9.51. The van der Waals surface area contributed by atoms with Crippen molar-refractivity contribution in [2.45, 2.75) is 26.2 Å². The minimum atomic E-state index is 0.224. The van der Waals surface area contributed by atoms with E-state index in [4.69, 9.17) is 5.73 Å². The number of rotatable bonds is 6. The van der Waals surface area contributed by atoms with Crippen LogP contribution in [0.25, 0.3) is 10.9 Å². The zero-order chi connectivity index (χ0) is 15.1. The number of phenols is 1. The van der Waals surface area contributed by atoms with E-state index in [1.807, 2.05) is 12.3 Å². The van der Waals surface area contributed by atoms with Crippen molar-refractivity contribution in [3.05, 3.63) is 30.0 Å². The minimum Gasteiger partial charge on any atom is -0.508 e. The van der Waals surface area contributed by atoms with Crippen LogP contribution < -0.4 is 11.2 Å². The molecule has 0 aliphatic heterocycles. The first-order valence-corrected chi connectivity index (χ1v) is 7.10. The van der Waals surface area contributed by atoms with Gasteiger partial charge in [-0.05, 0) is 24.6 Å². The summed E-state index contributed by atoms with van der Waals surface area (Å²) in [5.41, 5.74) is 10.2. The van der Waals surface area contributed by atoms with Crippen LogP contribution in [0.2, 0.25) is 0 Å². The largest absolute Gasteiger partial charge is 0.508 e. The smallest absolute Gasteiger partial charge is 0.209 e. The van der Waals surface area contributed by atoms with Gasteiger partial charge in [0.15, 0.2) is 0 Å². The predicted molar refractivity (Wildman–Crippen MR) is 86.7 cm³/mol. The zero-order valence-electron chi connectivity index (χ0n) is 12.1. The molecule has 112 valence electrons. The first kappa shape index (κ1) is 14.9. The van der Waals surface area contributed by atoms with Crippen LogP contribution >= 0.6 is 0 Å². The minimum absolute atomic E-state index is 0.224. The van der Waals surface area contributed by atoms with Gasteiger partial charge in [-0.15, -0.1) is 0 Å². The van der Waals surface area contributed by atoms with Gasteiger partial charge in [0.25, 0.3) is 0 Å². The number of aromatic hydroxyl groups is 1. The summed E-state index contributed by atoms with van der Waals surface area (Å²) in [6.45, 7) is 2.86. The van der Waals surface area contributed by atoms with Gasteiger partial charge in [0.2, 0.25) is 5.96 Å². The Morgan fingerprint density at radius 2 is 2.29 bits per heavy atom. The molecular weight excluding hydrogens is 266 g/mol. The summed E-state index contributed by atoms with van der Waals surface area (Å²) in [6, 6.07) is 5.15. The van der Waals surface area contributed by atoms with Crippen molar-refractivity contribution in [2.75, 3.05) is 6.54 Å². The fourth-order valence-electron chi connectivity index (χ4n) is 2.00. The summed E-state index contributed by atoms with van der Waals surface area (Å²) in [6.07, 6.45) is 6.81. The number of aromatic nitrogens is 1. The molecule has 0 atom stereocenters. The van der Waals surface area contributed by atoms with Gasteiger partial charge in [-0.3, -0.25) is 4.99 Å². The number of unbranched alkanes of at least 4 members (excludes halogenated alkanes) is 2. The second-order valence-corrected chi connectivity index (χ2v) is 4.82. The van der Waals surface area contributed by atoms with Crippen molar-refractivity contribution in [1.29, 1.82) is 0 Å². The molecule has 0 fully saturated rings. The van der Waals surface area contributed by atoms with E-state index in [9.17, 15) is 5.11 Å². The quantitative estimate of drug-likeness (QED) is 0.284. The fourth-order valence-corrected chi connectivity index (χ4v) is 2.00. The van der Waals surface area contributed by atoms with Crippen LogP contribution in [0.15, 0.2) is 34.5 Å². The summed E-state index contributed by atoms with van der Waals surface area (Å²) >= 11 is 0. The lowest BCUT2D eigenvalue weighted by atomic mass is 10.2. The van der Waals surface area contributed by atoms with Crippen LogP contribution in [0, 0.1) is 0 Å². The third kappa shape index (κ3) is 4.24. The molecule has 0 saturated heterocycles. The first-order chi connectivity index (χ1) is 10.2. The van der Waals surface area contributed by atoms with E-state index in [0.29, 0.717) is 12.5 Å². The molecule has 1 aromatic carbocycles. The van der Waals surface area contributed by atoms with Gasteiger partial charge in [0.1, 0.15) is 5.75 Å². The van der Waals surface area contributed by atoms with Crippen molar-refractivity contribution < 1.29 is 5.11 Å². The number of guanidine groups is 1. The van der Waals surface area contributed by atoms with Crippen LogP contribution in [-0.4, -0.2) is 28.8 Å². The standard InChI is InChI=1S/C15H21N5O/c1-2-3-4-7-17-15(16)20-19-10-11-9-18-14-6-5-12(21)8-13(11)14/h5-6,8-10,18,21H,2-4,7H2,1H3,(H3,16,17,20)/b19-10-. The summed E-state index contributed by atoms with van der Waals surface area (Å²) in [5, 5.41) is 14.5. The van der Waals surface area contributed by atoms with Crippen LogP contribution in [0.4, 0.5) is 0 Å². The molecule has 0 amide bonds. The van der Waals surface area contributed by atoms with Gasteiger partial charge >= 0.3 is 0 Å². The van der Waals surface area contributed by atoms with Crippen LogP contribution in [0.5, 0.6) is 5.75 Å². The summed E-state index contributed by atoms with van der Waals surface area (Å²) < 4.78 is 0. The summed E-state index contributed by atoms with van der Waals surface area (Å²) in [4.78, 5) is 7.29. The van der Waals surface area contributed by atoms with Crippen molar-refractivity contribution >= 4 is 23.1 Å². The molecule has 2 rings (SSSR count). The Kier molecular flexibility index (Phi) is 5.20. The molecule has 2 aromatic rings. The number of aliphatic imine (C=N–C) groups is 1. The Hall–Kier alpha value is -2.50. The highest BCUT2D eigenvalue weighted by Gasteiger charge is 2.02. The molecule has 1 heterocycles. The summed E-state index contributed by atoms with van der Waals surface area (Å²) in [5.74, 6) is 0.534. The number of phenolic OH excluding ortho intramolecular Hbond substituents is 1. The van der Waals surface area contributed by atoms with Crippen molar-refractivity contribution in [2.24, 2.45) is 15.8 Å². The highest BCUT2D eigenvalue weighted by atomic mass is 16.3. The second-order valence-electron chi connectivity index (χ2n) is 4.82. The molecule has 0 aliphatic carbocycles. The Balaban J connectivity index is 1.95. The molecule has 0 radical (unpaired) electrons. The maximum Gasteiger partial charge on any atom is 0.209 e. The normalized spacial score (nSPS) is 12.3. The van der Waals surface area contributed by atoms with Gasteiger partial charge in [-0.2, -0.15) is 5.10 Å². The number of nitrogens with two attached hydrogens (primary N) is 1. The molecule has 1 aromatic heterocycles. The van der Waals surface area contributed by atoms with Gasteiger partial charge in [0.05, 0.1) is 6.21 Å². The molecule has 0 spiro atoms. The molecule has 0 saturated carbocycles. The molecule has 6 heteroatoms. The van der Waals surface area contributed by atoms with Crippen molar-refractivity contribution in [3.8, 4) is 5.75 Å². The van der Waals surface area contributed by atoms with E-state index >= 15 is 0 Å². The lowest BCUT2D eigenvalue weighted by molar-refractivity contribution is 0.476. The molecule has 0 unspecified atom stereocenters. The molecular formula is C15H21N5O. The SMILES string of the molecule is CCCCCN=C(N)N/N=C\c1c[nH]c2ccc(O)cc12. The third-order valence-electron chi connectivity index (χ3n) is 3.12. The third-order valence-corrected chi connectivity index (χ3v) is 3.12. The number of fused-ring (bicyclic) bond motifs is 1. The van der Waals surface area contributed by atoms with E-state index in [1.54, 1.807) is 18.3 Å². The van der Waals surface area contributed by atoms with Crippen LogP contribution in [-0.2, 0) is 0 Å². The molecule has 5 N–H and O–H groups in total. The first-order valence-electron chi connectivity index (χ1n) is 7.10. The number of H-pyrrole nitrogens is 1. The zero-order valence-corrected chi connectivity index (χ0v) is 12.1. The maximum atomic E-state index is 9.51. The number of nitrogens with zero attached hydrogens (tertiary/aromatic N) is 2. The molecule has 0 aliphatic rings. The monoisotopic (exact) mass is 287 g/mol. The average molecular weight is 287 g/mol. The average Bonchev–Trinajstić information content (AvgIpc) is 2.86. The number of hydrogen-bond acceptors (Lipinski definition) is 3. The number of benzene rings is 1. The lowest BCUT2D eigenvalue weighted by Crippen LogP contribution is -2.27. The summed E-state index contributed by atoms with van der Waals surface area (Å²) in [7, 11) is 0. The molecule has 21 heavy (non-hydrogen) atoms. The number of hydrazone groups is 1. The van der Waals surface area contributed by atoms with E-state index in [-0.39, 0.29) is 5.75 Å². The predicted octanol–water partition coefficient (Wildman–Crippen LogP) is 2.30. The number of aromatic amines is 1. The number of hydrogen-bond donors (Lipinski definition) is 4. The number of nitrogens with one attached hydrogen (secondary N) is 2. The van der Waals surface area contributed by atoms with E-state index < -0.39 is 0 Å². The van der Waals surface area contributed by atoms with Crippen molar-refractivity contribution in [3.63, 3.8) is 0 Å². The molecule has 6 nitrogen and oxygen atoms in total. The Morgan fingerprint density at radius 1 is 1.43 bits per heavy atom. The lowest BCUT2D eigenvalue weighted by Gasteiger charge is -1.99. The van der Waals surface area contributed by atoms with E-state index in [0.717, 1.165) is 35.7 Å². The Bertz CT molecular complexity index is 645. The Labute approximate surface area is 123 Å². The highest BCUT2D eigenvalue weighted by molar-refractivity contribution is 5.99. The topological polar surface area (TPSA) is 98.8 Å². The molecule has 0 bridgehead atoms. The highest BCUT2D eigenvalue weighted by Crippen LogP contribution is 2.21. The van der Waals surface area contributed by atoms with Crippen LogP contribution in [0.1, 0.15) is 31.7 Å². The Morgan fingerprint density at radius 3 is 3.10 bits per heavy atom. The van der Waals surface area contributed by atoms with Gasteiger partial charge < -0.3 is 15.8 Å². The van der Waals surface area contributed by atoms with Crippen LogP contribution in [0.3, 0.4) is 0 Å². The van der Waals surface area contributed by atoms with Gasteiger partial charge in [-0.1, -0.05) is 19.8 Å². The van der Waals surface area contributed by atoms with E-state index in [1.165, 1.54) is 0 Å².